The van der Waals surface area contributed by atoms with E-state index in [1.165, 1.54) is 33.1 Å². The highest BCUT2D eigenvalue weighted by Crippen LogP contribution is 2.27. The van der Waals surface area contributed by atoms with Crippen molar-refractivity contribution in [2.24, 2.45) is 0 Å². The molecular formula is C24H30N2O9S. The Kier molecular flexibility index (Phi) is 8.90. The van der Waals surface area contributed by atoms with E-state index in [1.807, 2.05) is 6.92 Å². The van der Waals surface area contributed by atoms with Gasteiger partial charge in [-0.2, -0.15) is 8.42 Å². The maximum absolute atomic E-state index is 12.7. The van der Waals surface area contributed by atoms with Crippen molar-refractivity contribution in [1.82, 2.24) is 10.6 Å². The van der Waals surface area contributed by atoms with E-state index >= 15 is 0 Å². The van der Waals surface area contributed by atoms with Crippen LogP contribution in [0.1, 0.15) is 19.4 Å². The second-order valence-electron chi connectivity index (χ2n) is 8.33. The van der Waals surface area contributed by atoms with Crippen molar-refractivity contribution in [2.75, 3.05) is 13.7 Å². The van der Waals surface area contributed by atoms with Gasteiger partial charge in [0.05, 0.1) is 24.7 Å². The first kappa shape index (κ1) is 27.4. The third-order valence-electron chi connectivity index (χ3n) is 5.49. The molecule has 0 bridgehead atoms. The molecule has 0 aliphatic carbocycles. The molecule has 1 saturated heterocycles. The highest BCUT2D eigenvalue weighted by Gasteiger charge is 2.48. The molecule has 0 saturated carbocycles. The quantitative estimate of drug-likeness (QED) is 0.408. The normalized spacial score (nSPS) is 24.0. The number of aryl methyl sites for hydroxylation is 1. The summed E-state index contributed by atoms with van der Waals surface area (Å²) in [6.45, 7) is 3.78. The Hall–Kier alpha value is -3.19. The number of amides is 2. The highest BCUT2D eigenvalue weighted by atomic mass is 32.2. The minimum absolute atomic E-state index is 0.0531. The average molecular weight is 523 g/mol. The lowest BCUT2D eigenvalue weighted by atomic mass is 9.94. The van der Waals surface area contributed by atoms with Crippen LogP contribution in [0.5, 0.6) is 11.5 Å². The summed E-state index contributed by atoms with van der Waals surface area (Å²) in [5.74, 6) is -0.0358. The number of aliphatic hydroxyl groups is 1. The molecule has 3 rings (SSSR count). The lowest BCUT2D eigenvalue weighted by molar-refractivity contribution is -0.213. The highest BCUT2D eigenvalue weighted by molar-refractivity contribution is 7.86. The molecule has 1 aliphatic rings. The fourth-order valence-corrected chi connectivity index (χ4v) is 4.63. The summed E-state index contributed by atoms with van der Waals surface area (Å²) in [6.07, 6.45) is -3.78. The fourth-order valence-electron chi connectivity index (χ4n) is 3.71. The van der Waals surface area contributed by atoms with Gasteiger partial charge in [0.1, 0.15) is 29.7 Å². The zero-order valence-corrected chi connectivity index (χ0v) is 21.2. The molecule has 5 atom stereocenters. The van der Waals surface area contributed by atoms with Gasteiger partial charge in [-0.15, -0.1) is 0 Å². The number of ether oxygens (including phenoxy) is 3. The van der Waals surface area contributed by atoms with Crippen molar-refractivity contribution in [1.29, 1.82) is 0 Å². The zero-order chi connectivity index (χ0) is 26.5. The van der Waals surface area contributed by atoms with Crippen molar-refractivity contribution in [3.05, 3.63) is 54.1 Å². The first-order valence-electron chi connectivity index (χ1n) is 11.1. The summed E-state index contributed by atoms with van der Waals surface area (Å²) in [5.41, 5.74) is 0.876. The third kappa shape index (κ3) is 6.94. The van der Waals surface area contributed by atoms with Crippen molar-refractivity contribution in [3.63, 3.8) is 0 Å². The Labute approximate surface area is 209 Å². The molecule has 1 aliphatic heterocycles. The van der Waals surface area contributed by atoms with Crippen LogP contribution in [0.3, 0.4) is 0 Å². The molecule has 0 unspecified atom stereocenters. The maximum atomic E-state index is 12.7. The lowest BCUT2D eigenvalue weighted by Crippen LogP contribution is -2.69. The molecule has 0 spiro atoms. The van der Waals surface area contributed by atoms with Gasteiger partial charge in [0.2, 0.25) is 18.1 Å². The van der Waals surface area contributed by atoms with E-state index in [0.29, 0.717) is 11.5 Å². The lowest BCUT2D eigenvalue weighted by Gasteiger charge is -2.44. The van der Waals surface area contributed by atoms with Crippen molar-refractivity contribution >= 4 is 21.9 Å². The van der Waals surface area contributed by atoms with Gasteiger partial charge in [-0.05, 0) is 43.3 Å². The standard InChI is InChI=1S/C24H30N2O9S/c1-14-5-11-19(12-6-14)36(30,31)33-13-20-21(25-15(2)27)23(29)22(26-16(3)28)24(35-20)34-18-9-7-17(32-4)8-10-18/h5-12,20-24,29H,13H2,1-4H3,(H,25,27)(H,26,28)/t20-,21-,22+,23+,24-/m1/s1. The van der Waals surface area contributed by atoms with E-state index in [-0.39, 0.29) is 4.90 Å². The van der Waals surface area contributed by atoms with Gasteiger partial charge in [0.25, 0.3) is 10.1 Å². The number of rotatable bonds is 9. The predicted molar refractivity (Wildman–Crippen MR) is 128 cm³/mol. The van der Waals surface area contributed by atoms with Gasteiger partial charge in [-0.25, -0.2) is 0 Å². The number of hydrogen-bond donors (Lipinski definition) is 3. The molecule has 196 valence electrons. The van der Waals surface area contributed by atoms with E-state index in [0.717, 1.165) is 5.56 Å². The molecule has 1 heterocycles. The number of methoxy groups -OCH3 is 1. The molecule has 36 heavy (non-hydrogen) atoms. The van der Waals surface area contributed by atoms with Crippen LogP contribution in [0.2, 0.25) is 0 Å². The van der Waals surface area contributed by atoms with Gasteiger partial charge >= 0.3 is 0 Å². The van der Waals surface area contributed by atoms with Gasteiger partial charge in [-0.3, -0.25) is 13.8 Å². The van der Waals surface area contributed by atoms with Gasteiger partial charge < -0.3 is 30.0 Å². The third-order valence-corrected chi connectivity index (χ3v) is 6.78. The number of hydrogen-bond acceptors (Lipinski definition) is 9. The molecule has 12 heteroatoms. The van der Waals surface area contributed by atoms with Crippen molar-refractivity contribution in [3.8, 4) is 11.5 Å². The summed E-state index contributed by atoms with van der Waals surface area (Å²) in [4.78, 5) is 23.6. The Morgan fingerprint density at radius 3 is 2.06 bits per heavy atom. The number of aliphatic hydroxyl groups excluding tert-OH is 1. The van der Waals surface area contributed by atoms with Crippen molar-refractivity contribution < 1.29 is 41.5 Å². The van der Waals surface area contributed by atoms with Gasteiger partial charge in [0.15, 0.2) is 0 Å². The van der Waals surface area contributed by atoms with Crippen LogP contribution in [0.4, 0.5) is 0 Å². The van der Waals surface area contributed by atoms with Crippen LogP contribution in [0.25, 0.3) is 0 Å². The number of carbonyl (C=O) groups is 2. The van der Waals surface area contributed by atoms with E-state index < -0.39 is 59.1 Å². The monoisotopic (exact) mass is 522 g/mol. The topological polar surface area (TPSA) is 149 Å². The Bertz CT molecular complexity index is 1150. The maximum Gasteiger partial charge on any atom is 0.297 e. The SMILES string of the molecule is COc1ccc(O[C@@H]2O[C@H](COS(=O)(=O)c3ccc(C)cc3)[C@@H](NC(C)=O)[C@H](O)[C@@H]2NC(C)=O)cc1. The molecule has 2 aromatic rings. The predicted octanol–water partition coefficient (Wildman–Crippen LogP) is 0.883. The molecule has 0 radical (unpaired) electrons. The van der Waals surface area contributed by atoms with E-state index in [4.69, 9.17) is 18.4 Å². The molecular weight excluding hydrogens is 492 g/mol. The van der Waals surface area contributed by atoms with Crippen molar-refractivity contribution in [2.45, 2.75) is 56.2 Å². The van der Waals surface area contributed by atoms with Gasteiger partial charge in [-0.1, -0.05) is 17.7 Å². The summed E-state index contributed by atoms with van der Waals surface area (Å²) in [6, 6.07) is 10.4. The summed E-state index contributed by atoms with van der Waals surface area (Å²) in [5, 5.41) is 16.2. The smallest absolute Gasteiger partial charge is 0.297 e. The molecule has 0 aromatic heterocycles. The minimum atomic E-state index is -4.16. The zero-order valence-electron chi connectivity index (χ0n) is 20.3. The van der Waals surface area contributed by atoms with Crippen LogP contribution in [0, 0.1) is 6.92 Å². The number of benzene rings is 2. The van der Waals surface area contributed by atoms with Gasteiger partial charge in [0, 0.05) is 13.8 Å². The fraction of sp³-hybridized carbons (Fsp3) is 0.417. The summed E-state index contributed by atoms with van der Waals surface area (Å²) < 4.78 is 47.6. The minimum Gasteiger partial charge on any atom is -0.497 e. The molecule has 3 N–H and O–H groups in total. The number of nitrogens with one attached hydrogen (secondary N) is 2. The van der Waals surface area contributed by atoms with Crippen LogP contribution in [-0.2, 0) is 28.6 Å². The first-order chi connectivity index (χ1) is 17.0. The van der Waals surface area contributed by atoms with Crippen LogP contribution < -0.4 is 20.1 Å². The van der Waals surface area contributed by atoms with Crippen LogP contribution >= 0.6 is 0 Å². The van der Waals surface area contributed by atoms with Crippen LogP contribution in [-0.4, -0.2) is 69.6 Å². The van der Waals surface area contributed by atoms with E-state index in [1.54, 1.807) is 36.4 Å². The number of carbonyl (C=O) groups excluding carboxylic acids is 2. The molecule has 1 fully saturated rings. The molecule has 2 amide bonds. The van der Waals surface area contributed by atoms with Crippen LogP contribution in [0.15, 0.2) is 53.4 Å². The second-order valence-corrected chi connectivity index (χ2v) is 9.95. The second kappa shape index (κ2) is 11.7. The molecule has 11 nitrogen and oxygen atoms in total. The van der Waals surface area contributed by atoms with E-state index in [2.05, 4.69) is 10.6 Å². The average Bonchev–Trinajstić information content (AvgIpc) is 2.82. The van der Waals surface area contributed by atoms with E-state index in [9.17, 15) is 23.1 Å². The Morgan fingerprint density at radius 2 is 1.50 bits per heavy atom. The summed E-state index contributed by atoms with van der Waals surface area (Å²) in [7, 11) is -2.65. The first-order valence-corrected chi connectivity index (χ1v) is 12.6. The Morgan fingerprint density at radius 1 is 0.944 bits per heavy atom. The molecule has 2 aromatic carbocycles. The largest absolute Gasteiger partial charge is 0.497 e. The Balaban J connectivity index is 1.86. The summed E-state index contributed by atoms with van der Waals surface area (Å²) >= 11 is 0.